The monoisotopic (exact) mass is 589 g/mol. The van der Waals surface area contributed by atoms with Crippen molar-refractivity contribution >= 4 is 34.7 Å². The number of allylic oxidation sites excluding steroid dienone is 2. The molecule has 220 valence electrons. The number of carboxylic acid groups (broad SMARTS) is 1. The first-order valence-corrected chi connectivity index (χ1v) is 13.7. The molecular formula is C31H26F3N5O4. The second-order valence-electron chi connectivity index (χ2n) is 10.8. The standard InChI is InChI=1S/C31H26F3N5O4/c1-31(30-36-24-14-19(33)13-20(34)15-25(24)37-30)16-26(38-43-31)17-6-11-22-23(12-17)35-27(4-2-3-5-28(40)41)39(29(22)42)21-9-7-18(32)8-10-21/h6-12,14-15H,2-5,13,16H2,1H3,(H,36,37)(H,40,41)/t31-/m1/s1. The fourth-order valence-corrected chi connectivity index (χ4v) is 5.26. The van der Waals surface area contributed by atoms with Gasteiger partial charge in [0.2, 0.25) is 0 Å². The van der Waals surface area contributed by atoms with E-state index in [1.807, 2.05) is 0 Å². The number of H-pyrrole nitrogens is 1. The predicted molar refractivity (Wildman–Crippen MR) is 153 cm³/mol. The molecule has 0 fully saturated rings. The number of carbonyl (C=O) groups is 1. The summed E-state index contributed by atoms with van der Waals surface area (Å²) in [4.78, 5) is 42.7. The van der Waals surface area contributed by atoms with E-state index in [2.05, 4.69) is 15.1 Å². The van der Waals surface area contributed by atoms with Crippen LogP contribution in [0.15, 0.2) is 64.1 Å². The maximum Gasteiger partial charge on any atom is 0.303 e. The summed E-state index contributed by atoms with van der Waals surface area (Å²) in [5.74, 6) is -1.84. The number of hydrogen-bond donors (Lipinski definition) is 2. The number of oxime groups is 1. The molecule has 6 rings (SSSR count). The molecule has 2 N–H and O–H groups in total. The molecule has 12 heteroatoms. The SMILES string of the molecule is C[C@]1(c2nc3c([nH]2)C=C(F)CC(F)=C3)CC(c2ccc3c(=O)n(-c4ccc(F)cc4)c(CCCCC(=O)O)nc3c2)=NO1. The van der Waals surface area contributed by atoms with Crippen LogP contribution in [0.1, 0.15) is 67.6 Å². The maximum atomic E-state index is 14.0. The molecule has 0 radical (unpaired) electrons. The van der Waals surface area contributed by atoms with E-state index in [-0.39, 0.29) is 24.1 Å². The number of rotatable bonds is 8. The molecule has 0 spiro atoms. The van der Waals surface area contributed by atoms with Crippen LogP contribution in [0.25, 0.3) is 28.7 Å². The van der Waals surface area contributed by atoms with Crippen LogP contribution in [0, 0.1) is 5.82 Å². The largest absolute Gasteiger partial charge is 0.481 e. The van der Waals surface area contributed by atoms with Gasteiger partial charge in [0.15, 0.2) is 11.4 Å². The Bertz CT molecular complexity index is 1870. The van der Waals surface area contributed by atoms with E-state index < -0.39 is 35.5 Å². The number of halogens is 3. The van der Waals surface area contributed by atoms with Crippen molar-refractivity contribution in [2.24, 2.45) is 5.16 Å². The van der Waals surface area contributed by atoms with Crippen molar-refractivity contribution in [3.63, 3.8) is 0 Å². The van der Waals surface area contributed by atoms with E-state index in [9.17, 15) is 22.8 Å². The summed E-state index contributed by atoms with van der Waals surface area (Å²) in [5.41, 5.74) is 1.29. The second-order valence-corrected chi connectivity index (χ2v) is 10.8. The Labute approximate surface area is 243 Å². The zero-order valence-corrected chi connectivity index (χ0v) is 23.0. The summed E-state index contributed by atoms with van der Waals surface area (Å²) in [6.07, 6.45) is 3.46. The molecule has 0 amide bonds. The Morgan fingerprint density at radius 2 is 1.84 bits per heavy atom. The van der Waals surface area contributed by atoms with Crippen LogP contribution < -0.4 is 5.56 Å². The van der Waals surface area contributed by atoms with Gasteiger partial charge in [-0.1, -0.05) is 11.2 Å². The first-order chi connectivity index (χ1) is 20.6. The van der Waals surface area contributed by atoms with Gasteiger partial charge in [0.25, 0.3) is 5.56 Å². The zero-order valence-electron chi connectivity index (χ0n) is 23.0. The van der Waals surface area contributed by atoms with Gasteiger partial charge in [-0.05, 0) is 68.3 Å². The number of imidazole rings is 1. The van der Waals surface area contributed by atoms with Gasteiger partial charge in [-0.25, -0.2) is 23.1 Å². The smallest absolute Gasteiger partial charge is 0.303 e. The molecule has 0 unspecified atom stereocenters. The molecule has 0 saturated heterocycles. The van der Waals surface area contributed by atoms with Crippen LogP contribution in [-0.4, -0.2) is 36.3 Å². The lowest BCUT2D eigenvalue weighted by Gasteiger charge is -2.18. The molecule has 1 aliphatic heterocycles. The third-order valence-corrected chi connectivity index (χ3v) is 7.45. The van der Waals surface area contributed by atoms with Crippen molar-refractivity contribution in [2.75, 3.05) is 0 Å². The predicted octanol–water partition coefficient (Wildman–Crippen LogP) is 6.11. The number of carboxylic acids is 1. The van der Waals surface area contributed by atoms with E-state index in [1.54, 1.807) is 25.1 Å². The van der Waals surface area contributed by atoms with E-state index in [0.717, 1.165) is 0 Å². The highest BCUT2D eigenvalue weighted by molar-refractivity contribution is 6.03. The molecule has 3 heterocycles. The number of aryl methyl sites for hydroxylation is 1. The van der Waals surface area contributed by atoms with Gasteiger partial charge in [-0.3, -0.25) is 14.2 Å². The second kappa shape index (κ2) is 11.0. The van der Waals surface area contributed by atoms with Crippen LogP contribution >= 0.6 is 0 Å². The Hall–Kier alpha value is -5.00. The topological polar surface area (TPSA) is 122 Å². The number of fused-ring (bicyclic) bond motifs is 2. The van der Waals surface area contributed by atoms with E-state index in [4.69, 9.17) is 14.9 Å². The third kappa shape index (κ3) is 5.60. The molecule has 1 atom stereocenters. The highest BCUT2D eigenvalue weighted by Gasteiger charge is 2.40. The molecule has 0 saturated carbocycles. The van der Waals surface area contributed by atoms with E-state index in [1.165, 1.54) is 41.0 Å². The fourth-order valence-electron chi connectivity index (χ4n) is 5.26. The van der Waals surface area contributed by atoms with Gasteiger partial charge in [0, 0.05) is 24.8 Å². The quantitative estimate of drug-likeness (QED) is 0.239. The lowest BCUT2D eigenvalue weighted by atomic mass is 9.95. The van der Waals surface area contributed by atoms with Gasteiger partial charge >= 0.3 is 5.97 Å². The summed E-state index contributed by atoms with van der Waals surface area (Å²) in [6, 6.07) is 10.6. The lowest BCUT2D eigenvalue weighted by molar-refractivity contribution is -0.137. The molecule has 9 nitrogen and oxygen atoms in total. The normalized spacial score (nSPS) is 18.0. The fraction of sp³-hybridized carbons (Fsp3) is 0.258. The summed E-state index contributed by atoms with van der Waals surface area (Å²) >= 11 is 0. The number of aliphatic carboxylic acids is 1. The Kier molecular flexibility index (Phi) is 7.20. The lowest BCUT2D eigenvalue weighted by Crippen LogP contribution is -2.25. The summed E-state index contributed by atoms with van der Waals surface area (Å²) in [6.45, 7) is 1.76. The maximum absolute atomic E-state index is 14.0. The minimum Gasteiger partial charge on any atom is -0.481 e. The van der Waals surface area contributed by atoms with Crippen molar-refractivity contribution in [1.82, 2.24) is 19.5 Å². The number of benzene rings is 2. The number of unbranched alkanes of at least 4 members (excludes halogenated alkanes) is 1. The first-order valence-electron chi connectivity index (χ1n) is 13.7. The van der Waals surface area contributed by atoms with Gasteiger partial charge < -0.3 is 14.9 Å². The molecular weight excluding hydrogens is 563 g/mol. The number of nitrogens with zero attached hydrogens (tertiary/aromatic N) is 4. The molecule has 1 aliphatic carbocycles. The van der Waals surface area contributed by atoms with E-state index in [0.29, 0.717) is 64.5 Å². The van der Waals surface area contributed by atoms with Crippen molar-refractivity contribution in [3.8, 4) is 5.69 Å². The summed E-state index contributed by atoms with van der Waals surface area (Å²) in [5, 5.41) is 13.6. The Morgan fingerprint density at radius 1 is 1.07 bits per heavy atom. The van der Waals surface area contributed by atoms with Gasteiger partial charge in [-0.2, -0.15) is 0 Å². The number of aromatic nitrogens is 4. The van der Waals surface area contributed by atoms with Crippen LogP contribution in [0.4, 0.5) is 13.2 Å². The number of hydrogen-bond acceptors (Lipinski definition) is 6. The Balaban J connectivity index is 1.32. The van der Waals surface area contributed by atoms with Crippen LogP contribution in [0.2, 0.25) is 0 Å². The van der Waals surface area contributed by atoms with Gasteiger partial charge in [-0.15, -0.1) is 0 Å². The average molecular weight is 590 g/mol. The zero-order chi connectivity index (χ0) is 30.3. The highest BCUT2D eigenvalue weighted by atomic mass is 19.1. The average Bonchev–Trinajstić information content (AvgIpc) is 3.52. The minimum atomic E-state index is -1.04. The van der Waals surface area contributed by atoms with Crippen LogP contribution in [0.5, 0.6) is 0 Å². The van der Waals surface area contributed by atoms with Gasteiger partial charge in [0.1, 0.15) is 23.3 Å². The summed E-state index contributed by atoms with van der Waals surface area (Å²) < 4.78 is 43.0. The number of nitrogens with one attached hydrogen (secondary N) is 1. The molecule has 2 aromatic heterocycles. The minimum absolute atomic E-state index is 0.00773. The van der Waals surface area contributed by atoms with Crippen LogP contribution in [0.3, 0.4) is 0 Å². The summed E-state index contributed by atoms with van der Waals surface area (Å²) in [7, 11) is 0. The van der Waals surface area contributed by atoms with Crippen molar-refractivity contribution in [2.45, 2.75) is 51.0 Å². The van der Waals surface area contributed by atoms with Crippen molar-refractivity contribution < 1.29 is 27.9 Å². The molecule has 0 bridgehead atoms. The van der Waals surface area contributed by atoms with Gasteiger partial charge in [0.05, 0.1) is 40.1 Å². The van der Waals surface area contributed by atoms with Crippen molar-refractivity contribution in [3.05, 3.63) is 98.9 Å². The molecule has 2 aliphatic rings. The van der Waals surface area contributed by atoms with E-state index >= 15 is 0 Å². The van der Waals surface area contributed by atoms with Crippen LogP contribution in [-0.2, 0) is 21.7 Å². The van der Waals surface area contributed by atoms with Crippen molar-refractivity contribution in [1.29, 1.82) is 0 Å². The Morgan fingerprint density at radius 3 is 2.60 bits per heavy atom. The number of aromatic amines is 1. The highest BCUT2D eigenvalue weighted by Crippen LogP contribution is 2.37. The third-order valence-electron chi connectivity index (χ3n) is 7.45. The molecule has 43 heavy (non-hydrogen) atoms. The molecule has 4 aromatic rings. The molecule has 2 aromatic carbocycles. The first kappa shape index (κ1) is 28.1.